The van der Waals surface area contributed by atoms with Crippen LogP contribution in [0.2, 0.25) is 0 Å². The number of carbonyl (C=O) groups excluding carboxylic acids is 2. The third kappa shape index (κ3) is 4.70. The summed E-state index contributed by atoms with van der Waals surface area (Å²) in [7, 11) is 4.46. The van der Waals surface area contributed by atoms with E-state index >= 15 is 0 Å². The number of hydrogen-bond acceptors (Lipinski definition) is 9. The average molecular weight is 524 g/mol. The molecule has 37 heavy (non-hydrogen) atoms. The minimum atomic E-state index is -0.578. The number of rotatable bonds is 7. The molecule has 2 aliphatic rings. The number of likely N-dealkylation sites (N-methyl/N-ethyl adjacent to an activating group) is 1. The molecular formula is C27H29N3O6S. The number of fused-ring (bicyclic) bond motifs is 3. The highest BCUT2D eigenvalue weighted by Crippen LogP contribution is 2.41. The molecule has 3 heterocycles. The summed E-state index contributed by atoms with van der Waals surface area (Å²) in [5.74, 6) is 0.787. The molecule has 0 spiro atoms. The lowest BCUT2D eigenvalue weighted by atomic mass is 10.0. The van der Waals surface area contributed by atoms with E-state index in [1.807, 2.05) is 6.07 Å². The van der Waals surface area contributed by atoms with Crippen LogP contribution in [0, 0.1) is 0 Å². The number of nitrogens with one attached hydrogen (secondary N) is 2. The minimum absolute atomic E-state index is 0.0824. The lowest BCUT2D eigenvalue weighted by molar-refractivity contribution is 0.0733. The Hall–Kier alpha value is -3.76. The minimum Gasteiger partial charge on any atom is -0.493 e. The van der Waals surface area contributed by atoms with E-state index in [0.717, 1.165) is 47.7 Å². The molecule has 0 bridgehead atoms. The van der Waals surface area contributed by atoms with Crippen molar-refractivity contribution in [3.05, 3.63) is 63.5 Å². The molecule has 0 aliphatic carbocycles. The molecule has 0 saturated carbocycles. The summed E-state index contributed by atoms with van der Waals surface area (Å²) in [6.07, 6.45) is 0.434. The molecule has 0 unspecified atom stereocenters. The third-order valence-electron chi connectivity index (χ3n) is 6.66. The second-order valence-corrected chi connectivity index (χ2v) is 9.86. The monoisotopic (exact) mass is 523 g/mol. The Kier molecular flexibility index (Phi) is 6.94. The van der Waals surface area contributed by atoms with E-state index in [-0.39, 0.29) is 11.5 Å². The lowest BCUT2D eigenvalue weighted by Gasteiger charge is -2.28. The summed E-state index contributed by atoms with van der Waals surface area (Å²) < 4.78 is 21.7. The van der Waals surface area contributed by atoms with Gasteiger partial charge in [0.1, 0.15) is 16.9 Å². The van der Waals surface area contributed by atoms with Gasteiger partial charge >= 0.3 is 5.97 Å². The Bertz CT molecular complexity index is 1330. The second-order valence-electron chi connectivity index (χ2n) is 8.75. The van der Waals surface area contributed by atoms with Gasteiger partial charge in [-0.2, -0.15) is 0 Å². The van der Waals surface area contributed by atoms with Gasteiger partial charge in [-0.1, -0.05) is 19.1 Å². The number of esters is 1. The van der Waals surface area contributed by atoms with Crippen LogP contribution in [0.25, 0.3) is 0 Å². The van der Waals surface area contributed by atoms with Crippen molar-refractivity contribution in [2.24, 2.45) is 0 Å². The molecular weight excluding hydrogens is 494 g/mol. The van der Waals surface area contributed by atoms with Crippen LogP contribution in [-0.4, -0.2) is 51.2 Å². The van der Waals surface area contributed by atoms with Crippen LogP contribution in [0.15, 0.2) is 36.4 Å². The van der Waals surface area contributed by atoms with E-state index in [4.69, 9.17) is 18.9 Å². The first-order chi connectivity index (χ1) is 17.9. The van der Waals surface area contributed by atoms with E-state index in [1.54, 1.807) is 29.5 Å². The van der Waals surface area contributed by atoms with Crippen LogP contribution < -0.4 is 29.6 Å². The normalized spacial score (nSPS) is 16.6. The third-order valence-corrected chi connectivity index (χ3v) is 7.81. The fourth-order valence-electron chi connectivity index (χ4n) is 4.73. The standard InChI is InChI=1S/C27H29N3O6S/c1-5-30-10-9-18-21(14-30)37-26-22(18)25(31)28-24(29-26)15-7-6-8-17(11-15)36-27(32)16-12-19(33-2)23(35-4)20(13-16)34-3/h6-8,11-13,24,29H,5,9-10,14H2,1-4H3,(H,28,31)/t24-/m0/s1. The van der Waals surface area contributed by atoms with Crippen molar-refractivity contribution in [1.82, 2.24) is 10.2 Å². The maximum Gasteiger partial charge on any atom is 0.343 e. The van der Waals surface area contributed by atoms with Gasteiger partial charge in [0.05, 0.1) is 32.5 Å². The highest BCUT2D eigenvalue weighted by molar-refractivity contribution is 7.16. The van der Waals surface area contributed by atoms with Crippen molar-refractivity contribution in [2.75, 3.05) is 39.7 Å². The van der Waals surface area contributed by atoms with Crippen LogP contribution in [0.4, 0.5) is 5.00 Å². The van der Waals surface area contributed by atoms with E-state index < -0.39 is 12.1 Å². The lowest BCUT2D eigenvalue weighted by Crippen LogP contribution is -2.38. The van der Waals surface area contributed by atoms with Crippen LogP contribution in [0.1, 0.15) is 49.8 Å². The zero-order chi connectivity index (χ0) is 26.1. The predicted octanol–water partition coefficient (Wildman–Crippen LogP) is 4.23. The van der Waals surface area contributed by atoms with E-state index in [0.29, 0.717) is 23.0 Å². The number of amides is 1. The first-order valence-electron chi connectivity index (χ1n) is 12.0. The van der Waals surface area contributed by atoms with Gasteiger partial charge in [0.2, 0.25) is 5.75 Å². The molecule has 3 aromatic rings. The molecule has 2 aliphatic heterocycles. The highest BCUT2D eigenvalue weighted by Gasteiger charge is 2.33. The Morgan fingerprint density at radius 2 is 1.84 bits per heavy atom. The molecule has 1 aromatic heterocycles. The molecule has 5 rings (SSSR count). The summed E-state index contributed by atoms with van der Waals surface area (Å²) in [6, 6.07) is 10.2. The summed E-state index contributed by atoms with van der Waals surface area (Å²) in [5, 5.41) is 7.42. The maximum absolute atomic E-state index is 13.1. The van der Waals surface area contributed by atoms with Crippen molar-refractivity contribution in [3.8, 4) is 23.0 Å². The van der Waals surface area contributed by atoms with E-state index in [1.165, 1.54) is 38.3 Å². The van der Waals surface area contributed by atoms with Gasteiger partial charge < -0.3 is 29.6 Å². The van der Waals surface area contributed by atoms with Crippen molar-refractivity contribution in [1.29, 1.82) is 0 Å². The number of hydrogen-bond donors (Lipinski definition) is 2. The zero-order valence-electron chi connectivity index (χ0n) is 21.2. The first kappa shape index (κ1) is 24.9. The van der Waals surface area contributed by atoms with Crippen molar-refractivity contribution in [2.45, 2.75) is 26.1 Å². The predicted molar refractivity (Wildman–Crippen MR) is 140 cm³/mol. The van der Waals surface area contributed by atoms with Crippen molar-refractivity contribution >= 4 is 28.2 Å². The highest BCUT2D eigenvalue weighted by atomic mass is 32.1. The molecule has 2 aromatic carbocycles. The zero-order valence-corrected chi connectivity index (χ0v) is 22.0. The van der Waals surface area contributed by atoms with Crippen LogP contribution in [0.5, 0.6) is 23.0 Å². The Labute approximate surface area is 219 Å². The van der Waals surface area contributed by atoms with Crippen LogP contribution in [0.3, 0.4) is 0 Å². The summed E-state index contributed by atoms with van der Waals surface area (Å²) >= 11 is 1.65. The van der Waals surface area contributed by atoms with Gasteiger partial charge in [-0.3, -0.25) is 9.69 Å². The molecule has 10 heteroatoms. The fraction of sp³-hybridized carbons (Fsp3) is 0.333. The van der Waals surface area contributed by atoms with Gasteiger partial charge in [-0.05, 0) is 48.4 Å². The number of carbonyl (C=O) groups is 2. The average Bonchev–Trinajstić information content (AvgIpc) is 3.30. The van der Waals surface area contributed by atoms with Gasteiger partial charge in [0.15, 0.2) is 11.5 Å². The summed E-state index contributed by atoms with van der Waals surface area (Å²) in [6.45, 7) is 4.98. The quantitative estimate of drug-likeness (QED) is 0.351. The van der Waals surface area contributed by atoms with Gasteiger partial charge in [0, 0.05) is 18.0 Å². The number of benzene rings is 2. The van der Waals surface area contributed by atoms with E-state index in [9.17, 15) is 9.59 Å². The summed E-state index contributed by atoms with van der Waals surface area (Å²) in [4.78, 5) is 29.7. The van der Waals surface area contributed by atoms with Gasteiger partial charge in [-0.15, -0.1) is 11.3 Å². The number of methoxy groups -OCH3 is 3. The largest absolute Gasteiger partial charge is 0.493 e. The fourth-order valence-corrected chi connectivity index (χ4v) is 6.04. The molecule has 0 radical (unpaired) electrons. The molecule has 1 amide bonds. The molecule has 2 N–H and O–H groups in total. The Balaban J connectivity index is 1.36. The Morgan fingerprint density at radius 1 is 1.08 bits per heavy atom. The second kappa shape index (κ2) is 10.3. The topological polar surface area (TPSA) is 98.4 Å². The van der Waals surface area contributed by atoms with Crippen LogP contribution >= 0.6 is 11.3 Å². The van der Waals surface area contributed by atoms with Crippen LogP contribution in [-0.2, 0) is 13.0 Å². The molecule has 1 atom stereocenters. The molecule has 0 fully saturated rings. The number of anilines is 1. The van der Waals surface area contributed by atoms with Gasteiger partial charge in [-0.25, -0.2) is 4.79 Å². The SMILES string of the molecule is CCN1CCc2c(sc3c2C(=O)N[C@H](c2cccc(OC(=O)c4cc(OC)c(OC)c(OC)c4)c2)N3)C1. The number of nitrogens with zero attached hydrogens (tertiary/aromatic N) is 1. The summed E-state index contributed by atoms with van der Waals surface area (Å²) in [5.41, 5.74) is 2.94. The van der Waals surface area contributed by atoms with Crippen molar-refractivity contribution in [3.63, 3.8) is 0 Å². The number of ether oxygens (including phenoxy) is 4. The van der Waals surface area contributed by atoms with Gasteiger partial charge in [0.25, 0.3) is 5.91 Å². The smallest absolute Gasteiger partial charge is 0.343 e. The molecule has 9 nitrogen and oxygen atoms in total. The first-order valence-corrected chi connectivity index (χ1v) is 12.8. The number of thiophene rings is 1. The van der Waals surface area contributed by atoms with E-state index in [2.05, 4.69) is 22.5 Å². The molecule has 0 saturated heterocycles. The molecule has 194 valence electrons. The van der Waals surface area contributed by atoms with Crippen molar-refractivity contribution < 1.29 is 28.5 Å². The Morgan fingerprint density at radius 3 is 2.51 bits per heavy atom. The maximum atomic E-state index is 13.1.